The van der Waals surface area contributed by atoms with Crippen LogP contribution in [-0.2, 0) is 6.54 Å². The first-order valence-corrected chi connectivity index (χ1v) is 9.03. The maximum atomic E-state index is 4.63. The van der Waals surface area contributed by atoms with E-state index < -0.39 is 0 Å². The van der Waals surface area contributed by atoms with E-state index in [-0.39, 0.29) is 6.04 Å². The summed E-state index contributed by atoms with van der Waals surface area (Å²) in [6.07, 6.45) is 4.18. The number of hydrogen-bond donors (Lipinski definition) is 1. The lowest BCUT2D eigenvalue weighted by Gasteiger charge is -2.20. The molecule has 7 heteroatoms. The predicted molar refractivity (Wildman–Crippen MR) is 99.6 cm³/mol. The fourth-order valence-electron chi connectivity index (χ4n) is 2.85. The van der Waals surface area contributed by atoms with Crippen LogP contribution in [0.3, 0.4) is 0 Å². The second-order valence-corrected chi connectivity index (χ2v) is 6.71. The molecule has 25 heavy (non-hydrogen) atoms. The van der Waals surface area contributed by atoms with Gasteiger partial charge < -0.3 is 5.32 Å². The highest BCUT2D eigenvalue weighted by Crippen LogP contribution is 2.29. The molecule has 0 saturated heterocycles. The van der Waals surface area contributed by atoms with Gasteiger partial charge in [0.2, 0.25) is 0 Å². The molecule has 4 rings (SSSR count). The largest absolute Gasteiger partial charge is 0.363 e. The van der Waals surface area contributed by atoms with E-state index in [0.29, 0.717) is 0 Å². The van der Waals surface area contributed by atoms with Crippen molar-refractivity contribution in [3.05, 3.63) is 65.8 Å². The molecule has 126 valence electrons. The van der Waals surface area contributed by atoms with Gasteiger partial charge in [-0.05, 0) is 30.4 Å². The zero-order chi connectivity index (χ0) is 17.1. The number of fused-ring (bicyclic) bond motifs is 1. The Hall–Kier alpha value is -2.80. The summed E-state index contributed by atoms with van der Waals surface area (Å²) in [5, 5.41) is 10.9. The SMILES string of the molecule is Cc1nc(NC(CCn2cncn2)c2ccccc2)c2ccsc2n1. The number of nitrogens with zero attached hydrogens (tertiary/aromatic N) is 5. The van der Waals surface area contributed by atoms with Crippen molar-refractivity contribution in [1.29, 1.82) is 0 Å². The monoisotopic (exact) mass is 350 g/mol. The molecule has 0 radical (unpaired) electrons. The topological polar surface area (TPSA) is 68.5 Å². The standard InChI is InChI=1S/C18H18N6S/c1-13-21-17(15-8-10-25-18(15)22-13)23-16(14-5-3-2-4-6-14)7-9-24-12-19-11-20-24/h2-6,8,10-12,16H,7,9H2,1H3,(H,21,22,23). The molecule has 3 heterocycles. The predicted octanol–water partition coefficient (Wildman–Crippen LogP) is 3.83. The van der Waals surface area contributed by atoms with E-state index in [1.807, 2.05) is 17.7 Å². The van der Waals surface area contributed by atoms with Crippen LogP contribution in [0.4, 0.5) is 5.82 Å². The van der Waals surface area contributed by atoms with Crippen molar-refractivity contribution in [3.63, 3.8) is 0 Å². The van der Waals surface area contributed by atoms with Gasteiger partial charge in [0.15, 0.2) is 0 Å². The normalized spacial score (nSPS) is 12.4. The van der Waals surface area contributed by atoms with Gasteiger partial charge >= 0.3 is 0 Å². The number of rotatable bonds is 6. The van der Waals surface area contributed by atoms with Gasteiger partial charge in [0, 0.05) is 6.54 Å². The van der Waals surface area contributed by atoms with Crippen LogP contribution >= 0.6 is 11.3 Å². The van der Waals surface area contributed by atoms with Gasteiger partial charge in [-0.2, -0.15) is 5.10 Å². The minimum atomic E-state index is 0.128. The van der Waals surface area contributed by atoms with Crippen molar-refractivity contribution in [2.45, 2.75) is 25.9 Å². The Bertz CT molecular complexity index is 948. The van der Waals surface area contributed by atoms with Crippen molar-refractivity contribution >= 4 is 27.4 Å². The number of anilines is 1. The average molecular weight is 350 g/mol. The molecule has 1 aromatic carbocycles. The number of aromatic nitrogens is 5. The number of benzene rings is 1. The van der Waals surface area contributed by atoms with Gasteiger partial charge in [-0.25, -0.2) is 15.0 Å². The van der Waals surface area contributed by atoms with E-state index in [2.05, 4.69) is 61.1 Å². The van der Waals surface area contributed by atoms with E-state index >= 15 is 0 Å². The van der Waals surface area contributed by atoms with Crippen LogP contribution in [0.25, 0.3) is 10.2 Å². The molecule has 0 amide bonds. The summed E-state index contributed by atoms with van der Waals surface area (Å²) in [5.41, 5.74) is 1.22. The van der Waals surface area contributed by atoms with E-state index in [1.54, 1.807) is 24.0 Å². The molecule has 0 bridgehead atoms. The summed E-state index contributed by atoms with van der Waals surface area (Å²) in [4.78, 5) is 14.2. The summed E-state index contributed by atoms with van der Waals surface area (Å²) in [6.45, 7) is 2.71. The molecule has 0 spiro atoms. The Morgan fingerprint density at radius 3 is 2.84 bits per heavy atom. The van der Waals surface area contributed by atoms with Gasteiger partial charge in [0.1, 0.15) is 29.1 Å². The van der Waals surface area contributed by atoms with E-state index in [4.69, 9.17) is 0 Å². The van der Waals surface area contributed by atoms with Crippen molar-refractivity contribution in [2.75, 3.05) is 5.32 Å². The minimum absolute atomic E-state index is 0.128. The van der Waals surface area contributed by atoms with Crippen LogP contribution in [0, 0.1) is 6.92 Å². The highest BCUT2D eigenvalue weighted by atomic mass is 32.1. The maximum absolute atomic E-state index is 4.63. The first kappa shape index (κ1) is 15.7. The Kier molecular flexibility index (Phi) is 4.39. The lowest BCUT2D eigenvalue weighted by atomic mass is 10.0. The number of hydrogen-bond acceptors (Lipinski definition) is 6. The summed E-state index contributed by atoms with van der Waals surface area (Å²) in [6, 6.07) is 12.6. The highest BCUT2D eigenvalue weighted by Gasteiger charge is 2.15. The van der Waals surface area contributed by atoms with E-state index in [9.17, 15) is 0 Å². The molecule has 4 aromatic rings. The van der Waals surface area contributed by atoms with Crippen molar-refractivity contribution < 1.29 is 0 Å². The molecule has 1 atom stereocenters. The van der Waals surface area contributed by atoms with Crippen LogP contribution in [0.15, 0.2) is 54.4 Å². The minimum Gasteiger partial charge on any atom is -0.363 e. The number of aryl methyl sites for hydroxylation is 2. The zero-order valence-corrected chi connectivity index (χ0v) is 14.6. The van der Waals surface area contributed by atoms with Gasteiger partial charge in [-0.15, -0.1) is 11.3 Å². The molecule has 0 saturated carbocycles. The van der Waals surface area contributed by atoms with Crippen molar-refractivity contribution in [1.82, 2.24) is 24.7 Å². The average Bonchev–Trinajstić information content (AvgIpc) is 3.30. The van der Waals surface area contributed by atoms with Crippen LogP contribution in [0.2, 0.25) is 0 Å². The van der Waals surface area contributed by atoms with Crippen LogP contribution < -0.4 is 5.32 Å². The molecular formula is C18H18N6S. The lowest BCUT2D eigenvalue weighted by molar-refractivity contribution is 0.537. The maximum Gasteiger partial charge on any atom is 0.138 e. The van der Waals surface area contributed by atoms with E-state index in [1.165, 1.54) is 5.56 Å². The smallest absolute Gasteiger partial charge is 0.138 e. The van der Waals surface area contributed by atoms with Gasteiger partial charge in [0.25, 0.3) is 0 Å². The third-order valence-electron chi connectivity index (χ3n) is 4.06. The first-order valence-electron chi connectivity index (χ1n) is 8.15. The fourth-order valence-corrected chi connectivity index (χ4v) is 3.66. The summed E-state index contributed by atoms with van der Waals surface area (Å²) in [7, 11) is 0. The second kappa shape index (κ2) is 6.98. The Morgan fingerprint density at radius 2 is 2.04 bits per heavy atom. The fraction of sp³-hybridized carbons (Fsp3) is 0.222. The zero-order valence-electron chi connectivity index (χ0n) is 13.8. The van der Waals surface area contributed by atoms with Gasteiger partial charge in [-0.1, -0.05) is 30.3 Å². The molecule has 1 N–H and O–H groups in total. The van der Waals surface area contributed by atoms with Crippen molar-refractivity contribution in [2.24, 2.45) is 0 Å². The van der Waals surface area contributed by atoms with Crippen LogP contribution in [0.5, 0.6) is 0 Å². The van der Waals surface area contributed by atoms with Crippen molar-refractivity contribution in [3.8, 4) is 0 Å². The summed E-state index contributed by atoms with van der Waals surface area (Å²) >= 11 is 1.64. The molecule has 0 fully saturated rings. The van der Waals surface area contributed by atoms with Crippen LogP contribution in [-0.4, -0.2) is 24.7 Å². The highest BCUT2D eigenvalue weighted by molar-refractivity contribution is 7.16. The van der Waals surface area contributed by atoms with Gasteiger partial charge in [-0.3, -0.25) is 4.68 Å². The Balaban J connectivity index is 1.64. The molecule has 0 aliphatic rings. The summed E-state index contributed by atoms with van der Waals surface area (Å²) < 4.78 is 1.85. The van der Waals surface area contributed by atoms with Crippen LogP contribution in [0.1, 0.15) is 23.9 Å². The third kappa shape index (κ3) is 3.51. The first-order chi connectivity index (χ1) is 12.3. The third-order valence-corrected chi connectivity index (χ3v) is 4.87. The Morgan fingerprint density at radius 1 is 1.16 bits per heavy atom. The molecule has 0 aliphatic heterocycles. The molecular weight excluding hydrogens is 332 g/mol. The molecule has 3 aromatic heterocycles. The van der Waals surface area contributed by atoms with Gasteiger partial charge in [0.05, 0.1) is 11.4 Å². The second-order valence-electron chi connectivity index (χ2n) is 5.81. The number of thiophene rings is 1. The Labute approximate surface area is 149 Å². The van der Waals surface area contributed by atoms with E-state index in [0.717, 1.165) is 34.8 Å². The molecule has 6 nitrogen and oxygen atoms in total. The molecule has 1 unspecified atom stereocenters. The quantitative estimate of drug-likeness (QED) is 0.572. The summed E-state index contributed by atoms with van der Waals surface area (Å²) in [5.74, 6) is 1.66. The number of nitrogens with one attached hydrogen (secondary N) is 1. The lowest BCUT2D eigenvalue weighted by Crippen LogP contribution is -2.15. The molecule has 0 aliphatic carbocycles.